The highest BCUT2D eigenvalue weighted by Gasteiger charge is 2.24. The number of ether oxygens (including phenoxy) is 1. The normalized spacial score (nSPS) is 12.0. The van der Waals surface area contributed by atoms with Crippen molar-refractivity contribution in [1.29, 1.82) is 0 Å². The van der Waals surface area contributed by atoms with Crippen molar-refractivity contribution in [3.05, 3.63) is 95.3 Å². The lowest BCUT2D eigenvalue weighted by Crippen LogP contribution is -2.39. The molecule has 5 nitrogen and oxygen atoms in total. The lowest BCUT2D eigenvalue weighted by Gasteiger charge is -2.28. The fraction of sp³-hybridized carbons (Fsp3) is 0.333. The molecule has 32 heavy (non-hydrogen) atoms. The van der Waals surface area contributed by atoms with Crippen LogP contribution in [0.15, 0.2) is 72.9 Å². The molecule has 0 aliphatic rings. The summed E-state index contributed by atoms with van der Waals surface area (Å²) in [6.45, 7) is 5.69. The first kappa shape index (κ1) is 23.5. The van der Waals surface area contributed by atoms with Gasteiger partial charge in [-0.05, 0) is 47.7 Å². The van der Waals surface area contributed by atoms with Crippen LogP contribution in [0.5, 0.6) is 5.75 Å². The van der Waals surface area contributed by atoms with Gasteiger partial charge < -0.3 is 9.84 Å². The number of hydrogen-bond donors (Lipinski definition) is 1. The fourth-order valence-electron chi connectivity index (χ4n) is 3.74. The van der Waals surface area contributed by atoms with Gasteiger partial charge in [0.05, 0.1) is 6.61 Å². The van der Waals surface area contributed by atoms with Gasteiger partial charge in [0.2, 0.25) is 0 Å². The van der Waals surface area contributed by atoms with Crippen molar-refractivity contribution in [2.24, 2.45) is 0 Å². The third-order valence-electron chi connectivity index (χ3n) is 5.55. The van der Waals surface area contributed by atoms with E-state index in [1.807, 2.05) is 72.6 Å². The Kier molecular flexibility index (Phi) is 8.81. The number of benzene rings is 2. The number of carboxylic acid groups (broad SMARTS) is 1. The number of aryl methyl sites for hydroxylation is 1. The monoisotopic (exact) mass is 432 g/mol. The van der Waals surface area contributed by atoms with Crippen LogP contribution in [0.3, 0.4) is 0 Å². The topological polar surface area (TPSA) is 62.7 Å². The van der Waals surface area contributed by atoms with E-state index in [1.54, 1.807) is 0 Å². The molecule has 0 radical (unpaired) electrons. The smallest absolute Gasteiger partial charge is 0.320 e. The Bertz CT molecular complexity index is 974. The zero-order valence-corrected chi connectivity index (χ0v) is 18.9. The van der Waals surface area contributed by atoms with Gasteiger partial charge in [0, 0.05) is 31.4 Å². The van der Waals surface area contributed by atoms with Gasteiger partial charge >= 0.3 is 5.97 Å². The van der Waals surface area contributed by atoms with Crippen LogP contribution in [0.1, 0.15) is 42.7 Å². The molecule has 5 heteroatoms. The maximum atomic E-state index is 11.9. The zero-order valence-electron chi connectivity index (χ0n) is 18.9. The van der Waals surface area contributed by atoms with Gasteiger partial charge in [-0.3, -0.25) is 14.7 Å². The Morgan fingerprint density at radius 3 is 2.38 bits per heavy atom. The number of carbonyl (C=O) groups is 1. The number of hydrogen-bond acceptors (Lipinski definition) is 4. The molecule has 2 aromatic carbocycles. The number of nitrogens with zero attached hydrogens (tertiary/aromatic N) is 2. The Balaban J connectivity index is 1.64. The molecule has 3 aromatic rings. The van der Waals surface area contributed by atoms with Crippen molar-refractivity contribution in [3.63, 3.8) is 0 Å². The van der Waals surface area contributed by atoms with Crippen LogP contribution in [0.2, 0.25) is 0 Å². The van der Waals surface area contributed by atoms with Crippen LogP contribution >= 0.6 is 0 Å². The highest BCUT2D eigenvalue weighted by molar-refractivity contribution is 5.73. The fourth-order valence-corrected chi connectivity index (χ4v) is 3.74. The molecule has 0 aliphatic carbocycles. The second-order valence-corrected chi connectivity index (χ2v) is 7.91. The van der Waals surface area contributed by atoms with Crippen molar-refractivity contribution in [1.82, 2.24) is 9.88 Å². The number of rotatable bonds is 12. The molecule has 1 N–H and O–H groups in total. The molecular formula is C27H32N2O3. The molecule has 0 fully saturated rings. The van der Waals surface area contributed by atoms with Crippen molar-refractivity contribution >= 4 is 5.97 Å². The summed E-state index contributed by atoms with van der Waals surface area (Å²) < 4.78 is 5.97. The van der Waals surface area contributed by atoms with E-state index in [2.05, 4.69) is 24.0 Å². The minimum atomic E-state index is -0.794. The quantitative estimate of drug-likeness (QED) is 0.430. The SMILES string of the molecule is CCc1ccc(CCOc2cccc(CN(Cc3ccccc3)C(CC)C(=O)O)c2)nc1. The summed E-state index contributed by atoms with van der Waals surface area (Å²) in [6.07, 6.45) is 4.19. The minimum absolute atomic E-state index is 0.539. The summed E-state index contributed by atoms with van der Waals surface area (Å²) in [5, 5.41) is 9.74. The molecule has 0 amide bonds. The zero-order chi connectivity index (χ0) is 22.8. The standard InChI is InChI=1S/C27H32N2O3/c1-3-21-13-14-24(28-18-21)15-16-32-25-12-8-11-23(17-25)20-29(26(4-2)27(30)31)19-22-9-6-5-7-10-22/h5-14,17-18,26H,3-4,15-16,19-20H2,1-2H3,(H,30,31). The highest BCUT2D eigenvalue weighted by Crippen LogP contribution is 2.19. The summed E-state index contributed by atoms with van der Waals surface area (Å²) in [7, 11) is 0. The summed E-state index contributed by atoms with van der Waals surface area (Å²) >= 11 is 0. The highest BCUT2D eigenvalue weighted by atomic mass is 16.5. The molecule has 1 atom stereocenters. The Morgan fingerprint density at radius 1 is 0.969 bits per heavy atom. The maximum Gasteiger partial charge on any atom is 0.320 e. The van der Waals surface area contributed by atoms with Crippen molar-refractivity contribution in [2.75, 3.05) is 6.61 Å². The second kappa shape index (κ2) is 12.0. The molecule has 1 heterocycles. The lowest BCUT2D eigenvalue weighted by atomic mass is 10.1. The second-order valence-electron chi connectivity index (χ2n) is 7.91. The molecule has 168 valence electrons. The number of aromatic nitrogens is 1. The molecule has 1 unspecified atom stereocenters. The first-order chi connectivity index (χ1) is 15.6. The lowest BCUT2D eigenvalue weighted by molar-refractivity contribution is -0.144. The summed E-state index contributed by atoms with van der Waals surface area (Å²) in [5.41, 5.74) is 4.37. The van der Waals surface area contributed by atoms with E-state index in [0.717, 1.165) is 35.4 Å². The number of pyridine rings is 1. The largest absolute Gasteiger partial charge is 0.493 e. The summed E-state index contributed by atoms with van der Waals surface area (Å²) in [6, 6.07) is 21.5. The van der Waals surface area contributed by atoms with Crippen molar-refractivity contribution < 1.29 is 14.6 Å². The van der Waals surface area contributed by atoms with Gasteiger partial charge in [-0.25, -0.2) is 0 Å². The first-order valence-electron chi connectivity index (χ1n) is 11.2. The molecule has 0 saturated heterocycles. The number of carboxylic acids is 1. The predicted molar refractivity (Wildman–Crippen MR) is 127 cm³/mol. The molecule has 0 spiro atoms. The Labute approximate surface area is 190 Å². The van der Waals surface area contributed by atoms with Crippen LogP contribution < -0.4 is 4.74 Å². The average molecular weight is 433 g/mol. The van der Waals surface area contributed by atoms with Crippen LogP contribution in [0.25, 0.3) is 0 Å². The van der Waals surface area contributed by atoms with Gasteiger partial charge in [-0.1, -0.05) is 62.4 Å². The number of aliphatic carboxylic acids is 1. The third-order valence-corrected chi connectivity index (χ3v) is 5.55. The van der Waals surface area contributed by atoms with Gasteiger partial charge in [0.25, 0.3) is 0 Å². The van der Waals surface area contributed by atoms with E-state index >= 15 is 0 Å². The van der Waals surface area contributed by atoms with Crippen LogP contribution in [0, 0.1) is 0 Å². The Morgan fingerprint density at radius 2 is 1.72 bits per heavy atom. The predicted octanol–water partition coefficient (Wildman–Crippen LogP) is 5.13. The molecule has 0 aliphatic heterocycles. The maximum absolute atomic E-state index is 11.9. The Hall–Kier alpha value is -3.18. The van der Waals surface area contributed by atoms with Crippen LogP contribution in [0.4, 0.5) is 0 Å². The van der Waals surface area contributed by atoms with E-state index in [0.29, 0.717) is 26.1 Å². The molecule has 3 rings (SSSR count). The minimum Gasteiger partial charge on any atom is -0.493 e. The molecular weight excluding hydrogens is 400 g/mol. The van der Waals surface area contributed by atoms with E-state index in [9.17, 15) is 9.90 Å². The molecule has 0 bridgehead atoms. The van der Waals surface area contributed by atoms with Crippen molar-refractivity contribution in [2.45, 2.75) is 52.2 Å². The van der Waals surface area contributed by atoms with E-state index in [-0.39, 0.29) is 0 Å². The average Bonchev–Trinajstić information content (AvgIpc) is 2.81. The van der Waals surface area contributed by atoms with Gasteiger partial charge in [-0.15, -0.1) is 0 Å². The third kappa shape index (κ3) is 6.92. The van der Waals surface area contributed by atoms with Gasteiger partial charge in [0.15, 0.2) is 0 Å². The van der Waals surface area contributed by atoms with E-state index < -0.39 is 12.0 Å². The van der Waals surface area contributed by atoms with Crippen LogP contribution in [-0.4, -0.2) is 33.6 Å². The van der Waals surface area contributed by atoms with Crippen molar-refractivity contribution in [3.8, 4) is 5.75 Å². The van der Waals surface area contributed by atoms with E-state index in [1.165, 1.54) is 5.56 Å². The van der Waals surface area contributed by atoms with Gasteiger partial charge in [0.1, 0.15) is 11.8 Å². The van der Waals surface area contributed by atoms with Crippen LogP contribution in [-0.2, 0) is 30.7 Å². The van der Waals surface area contributed by atoms with E-state index in [4.69, 9.17) is 4.74 Å². The first-order valence-corrected chi connectivity index (χ1v) is 11.2. The summed E-state index contributed by atoms with van der Waals surface area (Å²) in [5.74, 6) is -0.00635. The molecule has 0 saturated carbocycles. The van der Waals surface area contributed by atoms with Gasteiger partial charge in [-0.2, -0.15) is 0 Å². The molecule has 1 aromatic heterocycles. The summed E-state index contributed by atoms with van der Waals surface area (Å²) in [4.78, 5) is 18.4.